The molecule has 0 amide bonds. The largest absolute Gasteiger partial charge is 0.416 e. The van der Waals surface area contributed by atoms with Crippen molar-refractivity contribution in [3.8, 4) is 84.1 Å². The Labute approximate surface area is 431 Å². The SMILES string of the molecule is Cc1cc(C)c(-c2ccc3c(c2)c2cc(-c4c(C)cc(C)cc4C)ccc2n3-c2c(-c3cccc(C(F)(F)F)c3)cc(-c3cc(-c4ccccc4)nc(-c4ccccc4)n3)cc2-c2cccc(C(F)(F)F)c2)c(C)c1. The van der Waals surface area contributed by atoms with E-state index in [4.69, 9.17) is 9.97 Å². The molecule has 0 unspecified atom stereocenters. The maximum Gasteiger partial charge on any atom is 0.416 e. The van der Waals surface area contributed by atoms with Gasteiger partial charge < -0.3 is 4.57 Å². The minimum Gasteiger partial charge on any atom is -0.308 e. The van der Waals surface area contributed by atoms with Gasteiger partial charge in [0.2, 0.25) is 0 Å². The second kappa shape index (κ2) is 18.7. The molecule has 0 spiro atoms. The quantitative estimate of drug-likeness (QED) is 0.142. The standard InChI is InChI=1S/C66H49F6N3/c1-38-27-40(3)61(41(4)28-38)48-23-25-59-55(33-48)56-34-49(62-42(5)29-39(2)30-43(62)6)24-26-60(56)75(59)63-53(46-19-13-21-51(31-46)65(67,68)69)35-50(36-54(63)47-20-14-22-52(32-47)66(70,71)72)58-37-57(44-15-9-7-10-16-44)73-64(74-58)45-17-11-8-12-18-45/h7-37H,1-6H3. The molecule has 2 aromatic heterocycles. The summed E-state index contributed by atoms with van der Waals surface area (Å²) in [6.07, 6.45) is -9.42. The van der Waals surface area contributed by atoms with Gasteiger partial charge in [0.1, 0.15) is 0 Å². The first-order valence-electron chi connectivity index (χ1n) is 24.7. The number of nitrogens with zero attached hydrogens (tertiary/aromatic N) is 3. The summed E-state index contributed by atoms with van der Waals surface area (Å²) in [5.41, 5.74) is 14.9. The van der Waals surface area contributed by atoms with Gasteiger partial charge in [-0.3, -0.25) is 0 Å². The zero-order valence-electron chi connectivity index (χ0n) is 42.0. The minimum absolute atomic E-state index is 0.204. The second-order valence-electron chi connectivity index (χ2n) is 19.6. The number of alkyl halides is 6. The van der Waals surface area contributed by atoms with Gasteiger partial charge in [0.05, 0.1) is 39.2 Å². The average Bonchev–Trinajstić information content (AvgIpc) is 3.70. The summed E-state index contributed by atoms with van der Waals surface area (Å²) in [6, 6.07) is 55.8. The number of halogens is 6. The van der Waals surface area contributed by atoms with E-state index in [0.29, 0.717) is 50.6 Å². The smallest absolute Gasteiger partial charge is 0.308 e. The lowest BCUT2D eigenvalue weighted by Gasteiger charge is -2.22. The second-order valence-corrected chi connectivity index (χ2v) is 19.6. The van der Waals surface area contributed by atoms with E-state index < -0.39 is 23.5 Å². The molecule has 75 heavy (non-hydrogen) atoms. The third-order valence-corrected chi connectivity index (χ3v) is 14.2. The normalized spacial score (nSPS) is 12.0. The van der Waals surface area contributed by atoms with Crippen LogP contribution in [0.25, 0.3) is 106 Å². The number of aryl methyl sites for hydroxylation is 6. The monoisotopic (exact) mass is 997 g/mol. The van der Waals surface area contributed by atoms with Crippen LogP contribution in [-0.2, 0) is 12.4 Å². The Kier molecular flexibility index (Phi) is 12.2. The zero-order chi connectivity index (χ0) is 52.5. The fourth-order valence-corrected chi connectivity index (χ4v) is 11.1. The molecule has 0 aliphatic carbocycles. The van der Waals surface area contributed by atoms with E-state index in [1.165, 1.54) is 12.1 Å². The fraction of sp³-hybridized carbons (Fsp3) is 0.121. The van der Waals surface area contributed by atoms with Gasteiger partial charge in [0.15, 0.2) is 5.82 Å². The van der Waals surface area contributed by atoms with Crippen molar-refractivity contribution in [3.05, 3.63) is 233 Å². The Bertz CT molecular complexity index is 3740. The Hall–Kier alpha value is -8.56. The van der Waals surface area contributed by atoms with Gasteiger partial charge in [-0.2, -0.15) is 26.3 Å². The molecule has 11 rings (SSSR count). The molecule has 0 bridgehead atoms. The van der Waals surface area contributed by atoms with Crippen LogP contribution in [0.3, 0.4) is 0 Å². The first kappa shape index (κ1) is 48.7. The maximum absolute atomic E-state index is 14.9. The van der Waals surface area contributed by atoms with Crippen LogP contribution in [0.1, 0.15) is 44.5 Å². The highest BCUT2D eigenvalue weighted by Crippen LogP contribution is 2.48. The maximum atomic E-state index is 14.9. The van der Waals surface area contributed by atoms with Crippen molar-refractivity contribution in [1.29, 1.82) is 0 Å². The van der Waals surface area contributed by atoms with E-state index in [-0.39, 0.29) is 11.1 Å². The van der Waals surface area contributed by atoms with Crippen LogP contribution in [0.4, 0.5) is 26.3 Å². The van der Waals surface area contributed by atoms with Gasteiger partial charge in [-0.05, 0) is 164 Å². The molecule has 9 heteroatoms. The molecule has 0 saturated carbocycles. The summed E-state index contributed by atoms with van der Waals surface area (Å²) in [5, 5.41) is 1.71. The molecule has 0 fully saturated rings. The van der Waals surface area contributed by atoms with Gasteiger partial charge >= 0.3 is 12.4 Å². The van der Waals surface area contributed by atoms with Crippen LogP contribution in [0.15, 0.2) is 188 Å². The number of rotatable bonds is 8. The number of hydrogen-bond acceptors (Lipinski definition) is 2. The highest BCUT2D eigenvalue weighted by molar-refractivity contribution is 6.13. The molecule has 0 atom stereocenters. The molecule has 0 radical (unpaired) electrons. The molecule has 9 aromatic carbocycles. The first-order valence-corrected chi connectivity index (χ1v) is 24.7. The van der Waals surface area contributed by atoms with Crippen molar-refractivity contribution in [2.24, 2.45) is 0 Å². The van der Waals surface area contributed by atoms with E-state index in [1.54, 1.807) is 12.1 Å². The summed E-state index contributed by atoms with van der Waals surface area (Å²) in [7, 11) is 0. The molecule has 370 valence electrons. The van der Waals surface area contributed by atoms with Crippen LogP contribution in [-0.4, -0.2) is 14.5 Å². The predicted molar refractivity (Wildman–Crippen MR) is 293 cm³/mol. The van der Waals surface area contributed by atoms with Crippen molar-refractivity contribution in [1.82, 2.24) is 14.5 Å². The summed E-state index contributed by atoms with van der Waals surface area (Å²) in [4.78, 5) is 10.1. The number of hydrogen-bond donors (Lipinski definition) is 0. The van der Waals surface area contributed by atoms with Crippen molar-refractivity contribution in [2.45, 2.75) is 53.9 Å². The lowest BCUT2D eigenvalue weighted by atomic mass is 9.90. The molecule has 0 saturated heterocycles. The Morgan fingerprint density at radius 1 is 0.347 bits per heavy atom. The molecular weight excluding hydrogens is 949 g/mol. The van der Waals surface area contributed by atoms with Crippen molar-refractivity contribution in [3.63, 3.8) is 0 Å². The number of aromatic nitrogens is 3. The van der Waals surface area contributed by atoms with Crippen LogP contribution >= 0.6 is 0 Å². The highest BCUT2D eigenvalue weighted by Gasteiger charge is 2.33. The topological polar surface area (TPSA) is 30.7 Å². The van der Waals surface area contributed by atoms with Crippen molar-refractivity contribution in [2.75, 3.05) is 0 Å². The van der Waals surface area contributed by atoms with E-state index in [1.807, 2.05) is 95.6 Å². The molecular formula is C66H49F6N3. The fourth-order valence-electron chi connectivity index (χ4n) is 11.1. The number of fused-ring (bicyclic) bond motifs is 3. The minimum atomic E-state index is -4.71. The highest BCUT2D eigenvalue weighted by atomic mass is 19.4. The van der Waals surface area contributed by atoms with Gasteiger partial charge in [0, 0.05) is 38.6 Å². The predicted octanol–water partition coefficient (Wildman–Crippen LogP) is 19.1. The van der Waals surface area contributed by atoms with E-state index in [9.17, 15) is 26.3 Å². The third kappa shape index (κ3) is 9.17. The lowest BCUT2D eigenvalue weighted by molar-refractivity contribution is -0.138. The van der Waals surface area contributed by atoms with Gasteiger partial charge in [0.25, 0.3) is 0 Å². The first-order chi connectivity index (χ1) is 35.9. The Morgan fingerprint density at radius 2 is 0.747 bits per heavy atom. The molecule has 0 N–H and O–H groups in total. The van der Waals surface area contributed by atoms with E-state index in [0.717, 1.165) is 102 Å². The molecule has 0 aliphatic rings. The van der Waals surface area contributed by atoms with Crippen molar-refractivity contribution < 1.29 is 26.3 Å². The third-order valence-electron chi connectivity index (χ3n) is 14.2. The molecule has 2 heterocycles. The van der Waals surface area contributed by atoms with Gasteiger partial charge in [-0.1, -0.05) is 132 Å². The summed E-state index contributed by atoms with van der Waals surface area (Å²) >= 11 is 0. The lowest BCUT2D eigenvalue weighted by Crippen LogP contribution is -2.07. The molecule has 11 aromatic rings. The number of benzene rings is 9. The van der Waals surface area contributed by atoms with Crippen molar-refractivity contribution >= 4 is 21.8 Å². The molecule has 3 nitrogen and oxygen atoms in total. The van der Waals surface area contributed by atoms with Gasteiger partial charge in [-0.15, -0.1) is 0 Å². The summed E-state index contributed by atoms with van der Waals surface area (Å²) < 4.78 is 91.5. The van der Waals surface area contributed by atoms with Crippen LogP contribution in [0.5, 0.6) is 0 Å². The van der Waals surface area contributed by atoms with Crippen LogP contribution < -0.4 is 0 Å². The van der Waals surface area contributed by atoms with Crippen LogP contribution in [0.2, 0.25) is 0 Å². The van der Waals surface area contributed by atoms with Crippen LogP contribution in [0, 0.1) is 41.5 Å². The Morgan fingerprint density at radius 3 is 1.17 bits per heavy atom. The van der Waals surface area contributed by atoms with E-state index in [2.05, 4.69) is 90.1 Å². The summed E-state index contributed by atoms with van der Waals surface area (Å²) in [5.74, 6) is 0.393. The Balaban J connectivity index is 1.30. The van der Waals surface area contributed by atoms with Gasteiger partial charge in [-0.25, -0.2) is 9.97 Å². The van der Waals surface area contributed by atoms with E-state index >= 15 is 0 Å². The average molecular weight is 998 g/mol. The zero-order valence-corrected chi connectivity index (χ0v) is 42.0. The summed E-state index contributed by atoms with van der Waals surface area (Å²) in [6.45, 7) is 12.5. The molecule has 0 aliphatic heterocycles.